The van der Waals surface area contributed by atoms with Crippen LogP contribution >= 0.6 is 0 Å². The van der Waals surface area contributed by atoms with E-state index < -0.39 is 11.6 Å². The lowest BCUT2D eigenvalue weighted by Gasteiger charge is -2.18. The normalized spacial score (nSPS) is 13.6. The predicted molar refractivity (Wildman–Crippen MR) is 78.9 cm³/mol. The van der Waals surface area contributed by atoms with Crippen molar-refractivity contribution < 1.29 is 19.8 Å². The van der Waals surface area contributed by atoms with E-state index in [1.807, 2.05) is 42.5 Å². The van der Waals surface area contributed by atoms with Crippen LogP contribution in [-0.4, -0.2) is 34.2 Å². The van der Waals surface area contributed by atoms with Gasteiger partial charge in [-0.1, -0.05) is 42.5 Å². The van der Waals surface area contributed by atoms with Crippen molar-refractivity contribution in [3.63, 3.8) is 0 Å². The average Bonchev–Trinajstić information content (AvgIpc) is 2.45. The van der Waals surface area contributed by atoms with E-state index in [0.29, 0.717) is 0 Å². The molecule has 0 radical (unpaired) electrons. The van der Waals surface area contributed by atoms with E-state index in [-0.39, 0.29) is 18.9 Å². The maximum atomic E-state index is 11.8. The lowest BCUT2D eigenvalue weighted by molar-refractivity contribution is -0.156. The quantitative estimate of drug-likeness (QED) is 0.774. The summed E-state index contributed by atoms with van der Waals surface area (Å²) in [5, 5.41) is 22.9. The van der Waals surface area contributed by atoms with Crippen LogP contribution in [0.5, 0.6) is 0 Å². The fourth-order valence-electron chi connectivity index (χ4n) is 1.94. The number of carbonyl (C=O) groups is 2. The number of carboxylic acid groups (broad SMARTS) is 1. The zero-order chi connectivity index (χ0) is 15.5. The Hall–Kier alpha value is -2.40. The third kappa shape index (κ3) is 3.79. The summed E-state index contributed by atoms with van der Waals surface area (Å²) >= 11 is 0. The van der Waals surface area contributed by atoms with Gasteiger partial charge in [-0.05, 0) is 23.3 Å². The number of amides is 1. The molecule has 0 heterocycles. The van der Waals surface area contributed by atoms with Gasteiger partial charge in [0, 0.05) is 0 Å². The highest BCUT2D eigenvalue weighted by Gasteiger charge is 2.30. The van der Waals surface area contributed by atoms with Crippen LogP contribution < -0.4 is 5.32 Å². The van der Waals surface area contributed by atoms with Gasteiger partial charge in [0.25, 0.3) is 0 Å². The minimum absolute atomic E-state index is 0.139. The third-order valence-electron chi connectivity index (χ3n) is 3.27. The van der Waals surface area contributed by atoms with Crippen molar-refractivity contribution in [2.75, 3.05) is 6.54 Å². The first kappa shape index (κ1) is 15.0. The first-order valence-electron chi connectivity index (χ1n) is 6.59. The fraction of sp³-hybridized carbons (Fsp3) is 0.250. The highest BCUT2D eigenvalue weighted by atomic mass is 16.4. The Labute approximate surface area is 122 Å². The largest absolute Gasteiger partial charge is 0.479 e. The van der Waals surface area contributed by atoms with Crippen molar-refractivity contribution in [2.45, 2.75) is 18.9 Å². The minimum Gasteiger partial charge on any atom is -0.479 e. The summed E-state index contributed by atoms with van der Waals surface area (Å²) in [6.45, 7) is 0.820. The third-order valence-corrected chi connectivity index (χ3v) is 3.27. The standard InChI is InChI=1S/C16H17NO4/c1-16(21,15(19)20)10-17-14(18)9-11-6-7-12-4-2-3-5-13(12)8-11/h2-8,21H,9-10H2,1H3,(H,17,18)(H,19,20). The number of nitrogens with one attached hydrogen (secondary N) is 1. The summed E-state index contributed by atoms with van der Waals surface area (Å²) in [6.07, 6.45) is 0.139. The first-order chi connectivity index (χ1) is 9.88. The minimum atomic E-state index is -1.96. The van der Waals surface area contributed by atoms with Gasteiger partial charge in [0.05, 0.1) is 13.0 Å². The van der Waals surface area contributed by atoms with Crippen LogP contribution in [-0.2, 0) is 16.0 Å². The molecule has 1 unspecified atom stereocenters. The second-order valence-corrected chi connectivity index (χ2v) is 5.21. The molecule has 2 rings (SSSR count). The number of aliphatic carboxylic acids is 1. The number of fused-ring (bicyclic) bond motifs is 1. The summed E-state index contributed by atoms with van der Waals surface area (Å²) in [4.78, 5) is 22.5. The van der Waals surface area contributed by atoms with Crippen LogP contribution in [0.2, 0.25) is 0 Å². The van der Waals surface area contributed by atoms with Crippen LogP contribution in [0, 0.1) is 0 Å². The molecule has 1 atom stereocenters. The molecule has 0 aliphatic heterocycles. The molecule has 0 bridgehead atoms. The van der Waals surface area contributed by atoms with Crippen molar-refractivity contribution in [2.24, 2.45) is 0 Å². The van der Waals surface area contributed by atoms with E-state index in [4.69, 9.17) is 5.11 Å². The molecular formula is C16H17NO4. The van der Waals surface area contributed by atoms with Gasteiger partial charge < -0.3 is 15.5 Å². The molecule has 1 amide bonds. The maximum Gasteiger partial charge on any atom is 0.337 e. The predicted octanol–water partition coefficient (Wildman–Crippen LogP) is 1.33. The summed E-state index contributed by atoms with van der Waals surface area (Å²) < 4.78 is 0. The van der Waals surface area contributed by atoms with Crippen molar-refractivity contribution in [3.8, 4) is 0 Å². The Kier molecular flexibility index (Phi) is 4.23. The Bertz CT molecular complexity index is 679. The number of aliphatic hydroxyl groups is 1. The van der Waals surface area contributed by atoms with Crippen molar-refractivity contribution in [1.82, 2.24) is 5.32 Å². The van der Waals surface area contributed by atoms with Crippen molar-refractivity contribution >= 4 is 22.6 Å². The molecular weight excluding hydrogens is 270 g/mol. The number of carboxylic acids is 1. The Balaban J connectivity index is 2.00. The van der Waals surface area contributed by atoms with Gasteiger partial charge in [0.15, 0.2) is 5.60 Å². The number of hydrogen-bond acceptors (Lipinski definition) is 3. The Morgan fingerprint density at radius 1 is 1.14 bits per heavy atom. The van der Waals surface area contributed by atoms with Gasteiger partial charge >= 0.3 is 5.97 Å². The summed E-state index contributed by atoms with van der Waals surface area (Å²) in [5.41, 5.74) is -1.12. The fourth-order valence-corrected chi connectivity index (χ4v) is 1.94. The van der Waals surface area contributed by atoms with Gasteiger partial charge in [0.2, 0.25) is 5.91 Å². The molecule has 5 heteroatoms. The molecule has 0 saturated carbocycles. The molecule has 2 aromatic carbocycles. The van der Waals surface area contributed by atoms with E-state index in [1.54, 1.807) is 0 Å². The molecule has 5 nitrogen and oxygen atoms in total. The summed E-state index contributed by atoms with van der Waals surface area (Å²) in [6, 6.07) is 13.5. The topological polar surface area (TPSA) is 86.6 Å². The van der Waals surface area contributed by atoms with Gasteiger partial charge in [-0.2, -0.15) is 0 Å². The number of carbonyl (C=O) groups excluding carboxylic acids is 1. The number of benzene rings is 2. The van der Waals surface area contributed by atoms with Crippen LogP contribution in [0.25, 0.3) is 10.8 Å². The lowest BCUT2D eigenvalue weighted by Crippen LogP contribution is -2.46. The molecule has 0 aliphatic carbocycles. The molecule has 0 fully saturated rings. The van der Waals surface area contributed by atoms with Crippen LogP contribution in [0.4, 0.5) is 0 Å². The first-order valence-corrected chi connectivity index (χ1v) is 6.59. The zero-order valence-electron chi connectivity index (χ0n) is 11.7. The van der Waals surface area contributed by atoms with Crippen LogP contribution in [0.15, 0.2) is 42.5 Å². The molecule has 3 N–H and O–H groups in total. The number of hydrogen-bond donors (Lipinski definition) is 3. The van der Waals surface area contributed by atoms with Crippen molar-refractivity contribution in [3.05, 3.63) is 48.0 Å². The average molecular weight is 287 g/mol. The van der Waals surface area contributed by atoms with Gasteiger partial charge in [-0.3, -0.25) is 4.79 Å². The second-order valence-electron chi connectivity index (χ2n) is 5.21. The molecule has 0 spiro atoms. The summed E-state index contributed by atoms with van der Waals surface area (Å²) in [5.74, 6) is -1.69. The molecule has 2 aromatic rings. The van der Waals surface area contributed by atoms with Crippen LogP contribution in [0.3, 0.4) is 0 Å². The number of rotatable bonds is 5. The smallest absolute Gasteiger partial charge is 0.337 e. The van der Waals surface area contributed by atoms with E-state index >= 15 is 0 Å². The highest BCUT2D eigenvalue weighted by Crippen LogP contribution is 2.16. The van der Waals surface area contributed by atoms with Gasteiger partial charge in [-0.15, -0.1) is 0 Å². The molecule has 21 heavy (non-hydrogen) atoms. The monoisotopic (exact) mass is 287 g/mol. The molecule has 0 saturated heterocycles. The summed E-state index contributed by atoms with van der Waals surface area (Å²) in [7, 11) is 0. The van der Waals surface area contributed by atoms with E-state index in [1.165, 1.54) is 0 Å². The molecule has 0 aliphatic rings. The maximum absolute atomic E-state index is 11.8. The van der Waals surface area contributed by atoms with E-state index in [9.17, 15) is 14.7 Å². The Morgan fingerprint density at radius 2 is 1.81 bits per heavy atom. The highest BCUT2D eigenvalue weighted by molar-refractivity contribution is 5.86. The van der Waals surface area contributed by atoms with Crippen molar-refractivity contribution in [1.29, 1.82) is 0 Å². The second kappa shape index (κ2) is 5.93. The van der Waals surface area contributed by atoms with Gasteiger partial charge in [-0.25, -0.2) is 4.79 Å². The Morgan fingerprint density at radius 3 is 2.48 bits per heavy atom. The zero-order valence-corrected chi connectivity index (χ0v) is 11.7. The lowest BCUT2D eigenvalue weighted by atomic mass is 10.0. The SMILES string of the molecule is CC(O)(CNC(=O)Cc1ccc2ccccc2c1)C(=O)O. The van der Waals surface area contributed by atoms with Gasteiger partial charge in [0.1, 0.15) is 0 Å². The molecule has 110 valence electrons. The molecule has 0 aromatic heterocycles. The van der Waals surface area contributed by atoms with E-state index in [0.717, 1.165) is 23.3 Å². The van der Waals surface area contributed by atoms with Crippen LogP contribution in [0.1, 0.15) is 12.5 Å². The van der Waals surface area contributed by atoms with E-state index in [2.05, 4.69) is 5.32 Å².